The molecule has 1 aliphatic heterocycles. The number of pyridine rings is 1. The maximum atomic E-state index is 14.3. The molecule has 3 N–H and O–H groups in total. The first-order valence-electron chi connectivity index (χ1n) is 11.4. The van der Waals surface area contributed by atoms with Crippen LogP contribution in [0.3, 0.4) is 0 Å². The van der Waals surface area contributed by atoms with Crippen LogP contribution in [-0.2, 0) is 4.74 Å². The van der Waals surface area contributed by atoms with Gasteiger partial charge in [0.25, 0.3) is 5.91 Å². The van der Waals surface area contributed by atoms with Crippen molar-refractivity contribution < 1.29 is 19.0 Å². The summed E-state index contributed by atoms with van der Waals surface area (Å²) in [7, 11) is 0. The van der Waals surface area contributed by atoms with Crippen LogP contribution in [0.1, 0.15) is 30.0 Å². The lowest BCUT2D eigenvalue weighted by molar-refractivity contribution is 0.0906. The number of nitrogens with one attached hydrogen (secondary N) is 2. The summed E-state index contributed by atoms with van der Waals surface area (Å²) in [5.41, 5.74) is 3.03. The summed E-state index contributed by atoms with van der Waals surface area (Å²) in [5.74, 6) is -0.721. The number of aryl methyl sites for hydroxylation is 1. The molecular formula is C24H30FN7O3. The molecule has 1 fully saturated rings. The lowest BCUT2D eigenvalue weighted by atomic mass is 9.95. The van der Waals surface area contributed by atoms with E-state index >= 15 is 0 Å². The molecule has 4 rings (SSSR count). The quantitative estimate of drug-likeness (QED) is 0.447. The molecule has 0 aliphatic carbocycles. The van der Waals surface area contributed by atoms with E-state index < -0.39 is 5.41 Å². The van der Waals surface area contributed by atoms with Gasteiger partial charge >= 0.3 is 0 Å². The molecule has 10 nitrogen and oxygen atoms in total. The average Bonchev–Trinajstić information content (AvgIpc) is 3.34. The van der Waals surface area contributed by atoms with Crippen LogP contribution in [0.25, 0.3) is 5.69 Å². The molecule has 1 aliphatic rings. The molecule has 1 aromatic carbocycles. The number of carbonyl (C=O) groups is 1. The van der Waals surface area contributed by atoms with Crippen molar-refractivity contribution in [3.05, 3.63) is 53.9 Å². The molecule has 3 heterocycles. The smallest absolute Gasteiger partial charge is 0.273 e. The molecule has 0 atom stereocenters. The topological polar surface area (TPSA) is 117 Å². The maximum Gasteiger partial charge on any atom is 0.273 e. The van der Waals surface area contributed by atoms with Crippen molar-refractivity contribution >= 4 is 23.0 Å². The van der Waals surface area contributed by atoms with Crippen molar-refractivity contribution in [2.45, 2.75) is 20.8 Å². The van der Waals surface area contributed by atoms with Gasteiger partial charge in [0, 0.05) is 43.0 Å². The highest BCUT2D eigenvalue weighted by molar-refractivity contribution is 5.92. The Labute approximate surface area is 203 Å². The number of hydrogen-bond acceptors (Lipinski definition) is 8. The fourth-order valence-corrected chi connectivity index (χ4v) is 3.59. The van der Waals surface area contributed by atoms with Gasteiger partial charge in [-0.2, -0.15) is 0 Å². The van der Waals surface area contributed by atoms with Gasteiger partial charge in [-0.1, -0.05) is 19.1 Å². The molecule has 2 aromatic heterocycles. The number of aromatic nitrogens is 4. The van der Waals surface area contributed by atoms with Crippen molar-refractivity contribution in [1.82, 2.24) is 25.3 Å². The van der Waals surface area contributed by atoms with Gasteiger partial charge in [0.1, 0.15) is 5.82 Å². The minimum Gasteiger partial charge on any atom is -0.396 e. The number of nitrogens with zero attached hydrogens (tertiary/aromatic N) is 5. The highest BCUT2D eigenvalue weighted by atomic mass is 19.1. The molecule has 3 aromatic rings. The van der Waals surface area contributed by atoms with E-state index in [9.17, 15) is 14.3 Å². The second-order valence-electron chi connectivity index (χ2n) is 9.30. The Hall–Kier alpha value is -3.57. The van der Waals surface area contributed by atoms with E-state index in [1.165, 1.54) is 23.0 Å². The summed E-state index contributed by atoms with van der Waals surface area (Å²) >= 11 is 0. The van der Waals surface area contributed by atoms with Crippen LogP contribution >= 0.6 is 0 Å². The Morgan fingerprint density at radius 3 is 2.71 bits per heavy atom. The van der Waals surface area contributed by atoms with Crippen molar-refractivity contribution in [2.75, 3.05) is 49.7 Å². The lowest BCUT2D eigenvalue weighted by Crippen LogP contribution is -2.36. The number of aliphatic hydroxyl groups is 1. The number of morpholine rings is 1. The van der Waals surface area contributed by atoms with Crippen LogP contribution in [-0.4, -0.2) is 70.4 Å². The Kier molecular flexibility index (Phi) is 7.27. The number of halogens is 1. The third-order valence-electron chi connectivity index (χ3n) is 5.74. The fraction of sp³-hybridized carbons (Fsp3) is 0.417. The Balaban J connectivity index is 1.51. The first-order valence-corrected chi connectivity index (χ1v) is 11.4. The maximum absolute atomic E-state index is 14.3. The zero-order chi connectivity index (χ0) is 25.0. The highest BCUT2D eigenvalue weighted by Gasteiger charge is 2.20. The number of aliphatic hydroxyl groups excluding tert-OH is 1. The van der Waals surface area contributed by atoms with Crippen LogP contribution in [0, 0.1) is 18.2 Å². The number of carbonyl (C=O) groups excluding carboxylic acids is 1. The van der Waals surface area contributed by atoms with Gasteiger partial charge in [0.2, 0.25) is 0 Å². The summed E-state index contributed by atoms with van der Waals surface area (Å²) in [6, 6.07) is 6.64. The predicted molar refractivity (Wildman–Crippen MR) is 130 cm³/mol. The second kappa shape index (κ2) is 10.4. The first-order chi connectivity index (χ1) is 16.7. The number of ether oxygens (including phenoxy) is 1. The molecule has 0 saturated carbocycles. The second-order valence-corrected chi connectivity index (χ2v) is 9.30. The molecule has 35 heavy (non-hydrogen) atoms. The molecular weight excluding hydrogens is 453 g/mol. The van der Waals surface area contributed by atoms with Gasteiger partial charge in [0.05, 0.1) is 42.7 Å². The van der Waals surface area contributed by atoms with Gasteiger partial charge in [-0.15, -0.1) is 5.10 Å². The van der Waals surface area contributed by atoms with Gasteiger partial charge in [-0.25, -0.2) is 9.07 Å². The fourth-order valence-electron chi connectivity index (χ4n) is 3.59. The average molecular weight is 484 g/mol. The Morgan fingerprint density at radius 2 is 1.97 bits per heavy atom. The summed E-state index contributed by atoms with van der Waals surface area (Å²) in [6.45, 7) is 8.41. The van der Waals surface area contributed by atoms with Crippen molar-refractivity contribution in [3.63, 3.8) is 0 Å². The minimum atomic E-state index is -0.440. The molecule has 0 bridgehead atoms. The van der Waals surface area contributed by atoms with Gasteiger partial charge in [-0.3, -0.25) is 9.78 Å². The number of benzene rings is 1. The van der Waals surface area contributed by atoms with E-state index in [1.54, 1.807) is 6.20 Å². The van der Waals surface area contributed by atoms with Crippen molar-refractivity contribution in [3.8, 4) is 5.69 Å². The molecule has 0 unspecified atom stereocenters. The summed E-state index contributed by atoms with van der Waals surface area (Å²) in [5, 5.41) is 23.4. The van der Waals surface area contributed by atoms with E-state index in [-0.39, 0.29) is 24.0 Å². The third kappa shape index (κ3) is 6.11. The zero-order valence-electron chi connectivity index (χ0n) is 20.1. The van der Waals surface area contributed by atoms with Gasteiger partial charge in [-0.05, 0) is 31.2 Å². The van der Waals surface area contributed by atoms with Crippen LogP contribution in [0.15, 0.2) is 36.7 Å². The van der Waals surface area contributed by atoms with Gasteiger partial charge in [0.15, 0.2) is 5.69 Å². The first kappa shape index (κ1) is 24.6. The number of hydrogen-bond donors (Lipinski definition) is 3. The molecule has 1 amide bonds. The predicted octanol–water partition coefficient (Wildman–Crippen LogP) is 2.44. The van der Waals surface area contributed by atoms with Crippen LogP contribution in [0.5, 0.6) is 0 Å². The Bertz CT molecular complexity index is 1190. The monoisotopic (exact) mass is 483 g/mol. The zero-order valence-corrected chi connectivity index (χ0v) is 20.1. The number of amides is 1. The standard InChI is InChI=1S/C24H30FN7O3/c1-16-22(32-13-21(29-30-32)23(34)27-14-24(2,3)15-33)11-19(12-26-16)28-18-8-17(25)9-20(10-18)31-4-6-35-7-5-31/h8-13,28,33H,4-7,14-15H2,1-3H3,(H,27,34). The molecule has 0 radical (unpaired) electrons. The summed E-state index contributed by atoms with van der Waals surface area (Å²) < 4.78 is 21.2. The summed E-state index contributed by atoms with van der Waals surface area (Å²) in [6.07, 6.45) is 3.17. The molecule has 0 spiro atoms. The molecule has 1 saturated heterocycles. The van der Waals surface area contributed by atoms with E-state index in [1.807, 2.05) is 32.9 Å². The van der Waals surface area contributed by atoms with Crippen LogP contribution in [0.4, 0.5) is 21.5 Å². The summed E-state index contributed by atoms with van der Waals surface area (Å²) in [4.78, 5) is 19.0. The van der Waals surface area contributed by atoms with Gasteiger partial charge < -0.3 is 25.4 Å². The minimum absolute atomic E-state index is 0.0517. The normalized spacial score (nSPS) is 14.1. The largest absolute Gasteiger partial charge is 0.396 e. The number of rotatable bonds is 8. The van der Waals surface area contributed by atoms with E-state index in [4.69, 9.17) is 4.74 Å². The van der Waals surface area contributed by atoms with E-state index in [2.05, 4.69) is 30.8 Å². The Morgan fingerprint density at radius 1 is 1.20 bits per heavy atom. The van der Waals surface area contributed by atoms with E-state index in [0.717, 1.165) is 5.69 Å². The van der Waals surface area contributed by atoms with Crippen molar-refractivity contribution in [1.29, 1.82) is 0 Å². The van der Waals surface area contributed by atoms with Crippen LogP contribution < -0.4 is 15.5 Å². The van der Waals surface area contributed by atoms with E-state index in [0.29, 0.717) is 55.6 Å². The highest BCUT2D eigenvalue weighted by Crippen LogP contribution is 2.26. The lowest BCUT2D eigenvalue weighted by Gasteiger charge is -2.29. The SMILES string of the molecule is Cc1ncc(Nc2cc(F)cc(N3CCOCC3)c2)cc1-n1cc(C(=O)NCC(C)(C)CO)nn1. The molecule has 11 heteroatoms. The molecule has 186 valence electrons. The van der Waals surface area contributed by atoms with Crippen molar-refractivity contribution in [2.24, 2.45) is 5.41 Å². The number of anilines is 3. The third-order valence-corrected chi connectivity index (χ3v) is 5.74. The van der Waals surface area contributed by atoms with Crippen LogP contribution in [0.2, 0.25) is 0 Å².